The summed E-state index contributed by atoms with van der Waals surface area (Å²) in [6, 6.07) is 16.9. The highest BCUT2D eigenvalue weighted by atomic mass is 32.2. The predicted octanol–water partition coefficient (Wildman–Crippen LogP) is 2.61. The van der Waals surface area contributed by atoms with Crippen molar-refractivity contribution in [1.29, 1.82) is 0 Å². The van der Waals surface area contributed by atoms with E-state index in [1.54, 1.807) is 11.8 Å². The number of nitrogens with zero attached hydrogens (tertiary/aromatic N) is 4. The van der Waals surface area contributed by atoms with E-state index in [1.807, 2.05) is 19.2 Å². The number of ether oxygens (including phenoxy) is 1. The van der Waals surface area contributed by atoms with Gasteiger partial charge in [-0.3, -0.25) is 0 Å². The Kier molecular flexibility index (Phi) is 5.89. The van der Waals surface area contributed by atoms with Gasteiger partial charge in [0.15, 0.2) is 11.0 Å². The lowest BCUT2D eigenvalue weighted by Crippen LogP contribution is -2.82. The van der Waals surface area contributed by atoms with Gasteiger partial charge in [0.1, 0.15) is 12.6 Å². The number of nitrogens with two attached hydrogens (primary N) is 1. The molecule has 2 N–H and O–H groups in total. The van der Waals surface area contributed by atoms with Crippen LogP contribution in [0.5, 0.6) is 0 Å². The van der Waals surface area contributed by atoms with Crippen LogP contribution in [-0.4, -0.2) is 47.3 Å². The predicted molar refractivity (Wildman–Crippen MR) is 117 cm³/mol. The SMILES string of the molecule is Cc1ccccc1-c1nnc(SC[C@@H]2C[NH2+][C@@H](c3ccc(N(C)C)cc3)O2)n1C. The third-order valence-electron chi connectivity index (χ3n) is 5.31. The number of rotatable bonds is 6. The molecule has 6 nitrogen and oxygen atoms in total. The van der Waals surface area contributed by atoms with Crippen molar-refractivity contribution in [3.63, 3.8) is 0 Å². The molecule has 1 fully saturated rings. The van der Waals surface area contributed by atoms with E-state index in [1.165, 1.54) is 16.8 Å². The topological polar surface area (TPSA) is 59.8 Å². The zero-order valence-corrected chi connectivity index (χ0v) is 18.2. The highest BCUT2D eigenvalue weighted by Gasteiger charge is 2.30. The molecule has 0 radical (unpaired) electrons. The van der Waals surface area contributed by atoms with Crippen LogP contribution in [0.2, 0.25) is 0 Å². The van der Waals surface area contributed by atoms with Crippen molar-refractivity contribution in [2.45, 2.75) is 24.4 Å². The Morgan fingerprint density at radius 2 is 1.90 bits per heavy atom. The highest BCUT2D eigenvalue weighted by Crippen LogP contribution is 2.27. The molecule has 2 heterocycles. The average molecular weight is 411 g/mol. The van der Waals surface area contributed by atoms with Gasteiger partial charge >= 0.3 is 0 Å². The zero-order valence-electron chi connectivity index (χ0n) is 17.4. The fourth-order valence-corrected chi connectivity index (χ4v) is 4.47. The molecule has 4 rings (SSSR count). The maximum absolute atomic E-state index is 6.27. The summed E-state index contributed by atoms with van der Waals surface area (Å²) in [5, 5.41) is 12.0. The first-order chi connectivity index (χ1) is 14.0. The Hall–Kier alpha value is -2.35. The Morgan fingerprint density at radius 3 is 2.62 bits per heavy atom. The van der Waals surface area contributed by atoms with Crippen molar-refractivity contribution in [2.75, 3.05) is 31.3 Å². The van der Waals surface area contributed by atoms with Crippen molar-refractivity contribution in [3.8, 4) is 11.4 Å². The summed E-state index contributed by atoms with van der Waals surface area (Å²) in [5.41, 5.74) is 4.74. The molecule has 0 bridgehead atoms. The third-order valence-corrected chi connectivity index (χ3v) is 6.46. The van der Waals surface area contributed by atoms with Crippen molar-refractivity contribution in [3.05, 3.63) is 59.7 Å². The van der Waals surface area contributed by atoms with E-state index in [0.29, 0.717) is 0 Å². The van der Waals surface area contributed by atoms with Crippen molar-refractivity contribution in [2.24, 2.45) is 7.05 Å². The van der Waals surface area contributed by atoms with Gasteiger partial charge < -0.3 is 19.5 Å². The van der Waals surface area contributed by atoms with Crippen molar-refractivity contribution in [1.82, 2.24) is 14.8 Å². The van der Waals surface area contributed by atoms with Gasteiger partial charge in [0.25, 0.3) is 0 Å². The lowest BCUT2D eigenvalue weighted by atomic mass is 10.1. The monoisotopic (exact) mass is 410 g/mol. The minimum absolute atomic E-state index is 0.0684. The van der Waals surface area contributed by atoms with E-state index in [9.17, 15) is 0 Å². The maximum Gasteiger partial charge on any atom is 0.217 e. The first-order valence-corrected chi connectivity index (χ1v) is 10.9. The number of thioether (sulfide) groups is 1. The normalized spacial score (nSPS) is 18.9. The molecule has 1 saturated heterocycles. The molecule has 29 heavy (non-hydrogen) atoms. The van der Waals surface area contributed by atoms with Gasteiger partial charge in [0, 0.05) is 43.7 Å². The number of benzene rings is 2. The number of hydrogen-bond acceptors (Lipinski definition) is 5. The third kappa shape index (κ3) is 4.32. The van der Waals surface area contributed by atoms with Gasteiger partial charge in [0.2, 0.25) is 6.23 Å². The zero-order chi connectivity index (χ0) is 20.4. The Balaban J connectivity index is 1.36. The second kappa shape index (κ2) is 8.57. The maximum atomic E-state index is 6.27. The van der Waals surface area contributed by atoms with Crippen LogP contribution in [0.3, 0.4) is 0 Å². The first kappa shape index (κ1) is 19.9. The second-order valence-electron chi connectivity index (χ2n) is 7.63. The summed E-state index contributed by atoms with van der Waals surface area (Å²) in [7, 11) is 6.13. The molecule has 0 aliphatic carbocycles. The van der Waals surface area contributed by atoms with Crippen LogP contribution in [-0.2, 0) is 11.8 Å². The van der Waals surface area contributed by atoms with E-state index in [0.717, 1.165) is 28.8 Å². The summed E-state index contributed by atoms with van der Waals surface area (Å²) >= 11 is 1.71. The van der Waals surface area contributed by atoms with Crippen LogP contribution in [0, 0.1) is 6.92 Å². The highest BCUT2D eigenvalue weighted by molar-refractivity contribution is 7.99. The number of aryl methyl sites for hydroxylation is 1. The molecule has 0 spiro atoms. The van der Waals surface area contributed by atoms with Gasteiger partial charge in [-0.15, -0.1) is 10.2 Å². The Labute approximate surface area is 176 Å². The average Bonchev–Trinajstić information content (AvgIpc) is 3.34. The van der Waals surface area contributed by atoms with Gasteiger partial charge in [-0.25, -0.2) is 0 Å². The van der Waals surface area contributed by atoms with Gasteiger partial charge in [-0.2, -0.15) is 0 Å². The molecule has 0 unspecified atom stereocenters. The summed E-state index contributed by atoms with van der Waals surface area (Å²) in [6.07, 6.45) is 0.260. The van der Waals surface area contributed by atoms with Crippen LogP contribution < -0.4 is 10.2 Å². The largest absolute Gasteiger partial charge is 0.378 e. The summed E-state index contributed by atoms with van der Waals surface area (Å²) in [4.78, 5) is 2.11. The second-order valence-corrected chi connectivity index (χ2v) is 8.61. The van der Waals surface area contributed by atoms with E-state index >= 15 is 0 Å². The minimum Gasteiger partial charge on any atom is -0.378 e. The molecule has 1 aromatic heterocycles. The van der Waals surface area contributed by atoms with Crippen LogP contribution in [0.25, 0.3) is 11.4 Å². The van der Waals surface area contributed by atoms with E-state index in [4.69, 9.17) is 4.74 Å². The van der Waals surface area contributed by atoms with Gasteiger partial charge in [-0.1, -0.05) is 36.0 Å². The van der Waals surface area contributed by atoms with Gasteiger partial charge in [-0.05, 0) is 36.8 Å². The minimum atomic E-state index is 0.0684. The Bertz CT molecular complexity index is 970. The molecule has 0 saturated carbocycles. The Morgan fingerprint density at radius 1 is 1.14 bits per heavy atom. The van der Waals surface area contributed by atoms with E-state index in [2.05, 4.69) is 82.4 Å². The summed E-state index contributed by atoms with van der Waals surface area (Å²) in [5.74, 6) is 1.77. The van der Waals surface area contributed by atoms with Gasteiger partial charge in [0.05, 0.1) is 0 Å². The molecule has 152 valence electrons. The first-order valence-electron chi connectivity index (χ1n) is 9.87. The van der Waals surface area contributed by atoms with Crippen LogP contribution in [0.15, 0.2) is 53.7 Å². The lowest BCUT2D eigenvalue weighted by Gasteiger charge is -2.14. The standard InChI is InChI=1S/C22H27N5OS/c1-15-7-5-6-8-19(15)20-24-25-22(27(20)4)29-14-18-13-23-21(28-18)16-9-11-17(12-10-16)26(2)3/h5-12,18,21,23H,13-14H2,1-4H3/p+1/t18-,21+/m0/s1. The van der Waals surface area contributed by atoms with Crippen molar-refractivity contribution < 1.29 is 10.1 Å². The fraction of sp³-hybridized carbons (Fsp3) is 0.364. The lowest BCUT2D eigenvalue weighted by molar-refractivity contribution is -0.697. The number of hydrogen-bond donors (Lipinski definition) is 1. The van der Waals surface area contributed by atoms with Crippen molar-refractivity contribution >= 4 is 17.4 Å². The van der Waals surface area contributed by atoms with E-state index < -0.39 is 0 Å². The smallest absolute Gasteiger partial charge is 0.217 e. The van der Waals surface area contributed by atoms with Crippen LogP contribution in [0.4, 0.5) is 5.69 Å². The molecule has 3 aromatic rings. The fourth-order valence-electron chi connectivity index (χ4n) is 3.54. The quantitative estimate of drug-likeness (QED) is 0.633. The van der Waals surface area contributed by atoms with E-state index in [-0.39, 0.29) is 12.3 Å². The number of quaternary nitrogens is 1. The van der Waals surface area contributed by atoms with Crippen LogP contribution in [0.1, 0.15) is 17.4 Å². The summed E-state index contributed by atoms with van der Waals surface area (Å²) in [6.45, 7) is 3.06. The molecule has 1 aliphatic rings. The molecule has 1 aliphatic heterocycles. The number of aromatic nitrogens is 3. The summed E-state index contributed by atoms with van der Waals surface area (Å²) < 4.78 is 8.35. The molecule has 2 aromatic carbocycles. The molecule has 7 heteroatoms. The number of anilines is 1. The molecular formula is C22H28N5OS+. The van der Waals surface area contributed by atoms with Crippen LogP contribution >= 0.6 is 11.8 Å². The molecular weight excluding hydrogens is 382 g/mol. The molecule has 0 amide bonds. The molecule has 2 atom stereocenters.